The Labute approximate surface area is 128 Å². The summed E-state index contributed by atoms with van der Waals surface area (Å²) in [6.07, 6.45) is 3.39. The maximum Gasteiger partial charge on any atom is 0.328 e. The highest BCUT2D eigenvalue weighted by Gasteiger charge is 2.23. The van der Waals surface area contributed by atoms with Gasteiger partial charge in [-0.05, 0) is 26.0 Å². The summed E-state index contributed by atoms with van der Waals surface area (Å²) in [5.41, 5.74) is 2.68. The van der Waals surface area contributed by atoms with Gasteiger partial charge in [0.25, 0.3) is 5.91 Å². The predicted molar refractivity (Wildman–Crippen MR) is 79.3 cm³/mol. The quantitative estimate of drug-likeness (QED) is 0.801. The zero-order chi connectivity index (χ0) is 16.1. The number of imidazole rings is 1. The van der Waals surface area contributed by atoms with Crippen LogP contribution in [0.15, 0.2) is 24.7 Å². The SMILES string of the molecule is COC(=O)[C@@H](Cc1cnc[nH]1)NC(=O)c1cc(C)nc(C)c1. The topological polar surface area (TPSA) is 97.0 Å². The Balaban J connectivity index is 2.15. The van der Waals surface area contributed by atoms with E-state index >= 15 is 0 Å². The summed E-state index contributed by atoms with van der Waals surface area (Å²) in [7, 11) is 1.29. The second-order valence-corrected chi connectivity index (χ2v) is 4.97. The number of H-pyrrole nitrogens is 1. The molecule has 0 aliphatic heterocycles. The lowest BCUT2D eigenvalue weighted by molar-refractivity contribution is -0.142. The first-order valence-electron chi connectivity index (χ1n) is 6.81. The fourth-order valence-corrected chi connectivity index (χ4v) is 2.16. The second kappa shape index (κ2) is 6.84. The molecule has 0 spiro atoms. The fourth-order valence-electron chi connectivity index (χ4n) is 2.16. The van der Waals surface area contributed by atoms with Gasteiger partial charge in [-0.15, -0.1) is 0 Å². The molecule has 0 aliphatic carbocycles. The summed E-state index contributed by atoms with van der Waals surface area (Å²) in [6.45, 7) is 3.62. The Kier molecular flexibility index (Phi) is 4.88. The third-order valence-corrected chi connectivity index (χ3v) is 3.11. The number of hydrogen-bond acceptors (Lipinski definition) is 5. The van der Waals surface area contributed by atoms with Crippen LogP contribution in [-0.4, -0.2) is 40.0 Å². The molecule has 2 rings (SSSR count). The van der Waals surface area contributed by atoms with E-state index in [1.807, 2.05) is 13.8 Å². The number of amides is 1. The number of ether oxygens (including phenoxy) is 1. The molecular formula is C15H18N4O3. The first kappa shape index (κ1) is 15.7. The van der Waals surface area contributed by atoms with Crippen LogP contribution in [0.5, 0.6) is 0 Å². The van der Waals surface area contributed by atoms with Gasteiger partial charge in [0.05, 0.1) is 13.4 Å². The van der Waals surface area contributed by atoms with Gasteiger partial charge in [-0.25, -0.2) is 9.78 Å². The third kappa shape index (κ3) is 3.91. The molecule has 0 fully saturated rings. The molecule has 2 heterocycles. The van der Waals surface area contributed by atoms with Crippen LogP contribution in [-0.2, 0) is 16.0 Å². The van der Waals surface area contributed by atoms with Gasteiger partial charge in [-0.3, -0.25) is 9.78 Å². The van der Waals surface area contributed by atoms with E-state index in [0.717, 1.165) is 17.1 Å². The van der Waals surface area contributed by atoms with Crippen molar-refractivity contribution in [1.82, 2.24) is 20.3 Å². The average Bonchev–Trinajstić information content (AvgIpc) is 2.97. The average molecular weight is 302 g/mol. The van der Waals surface area contributed by atoms with E-state index in [-0.39, 0.29) is 12.3 Å². The van der Waals surface area contributed by atoms with Crippen molar-refractivity contribution in [1.29, 1.82) is 0 Å². The number of carbonyl (C=O) groups is 2. The number of hydrogen-bond donors (Lipinski definition) is 2. The monoisotopic (exact) mass is 302 g/mol. The number of aromatic nitrogens is 3. The summed E-state index contributed by atoms with van der Waals surface area (Å²) < 4.78 is 4.75. The van der Waals surface area contributed by atoms with E-state index in [1.165, 1.54) is 13.4 Å². The van der Waals surface area contributed by atoms with Crippen LogP contribution in [0.2, 0.25) is 0 Å². The zero-order valence-electron chi connectivity index (χ0n) is 12.7. The highest BCUT2D eigenvalue weighted by molar-refractivity contribution is 5.97. The number of aryl methyl sites for hydroxylation is 2. The summed E-state index contributed by atoms with van der Waals surface area (Å²) in [5.74, 6) is -0.853. The zero-order valence-corrected chi connectivity index (χ0v) is 12.7. The lowest BCUT2D eigenvalue weighted by Crippen LogP contribution is -2.43. The number of carbonyl (C=O) groups excluding carboxylic acids is 2. The highest BCUT2D eigenvalue weighted by Crippen LogP contribution is 2.07. The molecule has 2 N–H and O–H groups in total. The van der Waals surface area contributed by atoms with Crippen molar-refractivity contribution in [3.63, 3.8) is 0 Å². The van der Waals surface area contributed by atoms with Crippen molar-refractivity contribution >= 4 is 11.9 Å². The predicted octanol–water partition coefficient (Wildman–Crippen LogP) is 0.936. The summed E-state index contributed by atoms with van der Waals surface area (Å²) in [5, 5.41) is 2.69. The van der Waals surface area contributed by atoms with Gasteiger partial charge in [0.1, 0.15) is 6.04 Å². The van der Waals surface area contributed by atoms with Gasteiger partial charge in [0, 0.05) is 35.3 Å². The molecule has 7 heteroatoms. The second-order valence-electron chi connectivity index (χ2n) is 4.97. The highest BCUT2D eigenvalue weighted by atomic mass is 16.5. The molecule has 0 unspecified atom stereocenters. The van der Waals surface area contributed by atoms with Crippen molar-refractivity contribution in [3.8, 4) is 0 Å². The lowest BCUT2D eigenvalue weighted by Gasteiger charge is -2.16. The number of pyridine rings is 1. The van der Waals surface area contributed by atoms with Crippen molar-refractivity contribution in [2.75, 3.05) is 7.11 Å². The minimum atomic E-state index is -0.785. The Bertz CT molecular complexity index is 647. The number of aromatic amines is 1. The standard InChI is InChI=1S/C15H18N4O3/c1-9-4-11(5-10(2)18-9)14(20)19-13(15(21)22-3)6-12-7-16-8-17-12/h4-5,7-8,13H,6H2,1-3H3,(H,16,17)(H,19,20)/t13-/m1/s1. The van der Waals surface area contributed by atoms with Crippen LogP contribution in [0, 0.1) is 13.8 Å². The van der Waals surface area contributed by atoms with Gasteiger partial charge < -0.3 is 15.0 Å². The van der Waals surface area contributed by atoms with Crippen molar-refractivity contribution < 1.29 is 14.3 Å². The Hall–Kier alpha value is -2.70. The minimum absolute atomic E-state index is 0.279. The Morgan fingerprint density at radius 2 is 2.00 bits per heavy atom. The number of nitrogens with zero attached hydrogens (tertiary/aromatic N) is 2. The fraction of sp³-hybridized carbons (Fsp3) is 0.333. The molecule has 0 radical (unpaired) electrons. The normalized spacial score (nSPS) is 11.8. The smallest absolute Gasteiger partial charge is 0.328 e. The molecule has 116 valence electrons. The molecule has 7 nitrogen and oxygen atoms in total. The van der Waals surface area contributed by atoms with E-state index in [4.69, 9.17) is 4.74 Å². The molecule has 0 aliphatic rings. The molecule has 22 heavy (non-hydrogen) atoms. The number of nitrogens with one attached hydrogen (secondary N) is 2. The number of esters is 1. The number of rotatable bonds is 5. The first-order chi connectivity index (χ1) is 10.5. The maximum atomic E-state index is 12.3. The largest absolute Gasteiger partial charge is 0.467 e. The molecule has 0 saturated carbocycles. The molecule has 1 amide bonds. The molecular weight excluding hydrogens is 284 g/mol. The number of methoxy groups -OCH3 is 1. The van der Waals surface area contributed by atoms with Crippen LogP contribution in [0.3, 0.4) is 0 Å². The van der Waals surface area contributed by atoms with Crippen LogP contribution < -0.4 is 5.32 Å². The van der Waals surface area contributed by atoms with Crippen molar-refractivity contribution in [3.05, 3.63) is 47.3 Å². The Morgan fingerprint density at radius 3 is 2.55 bits per heavy atom. The first-order valence-corrected chi connectivity index (χ1v) is 6.81. The van der Waals surface area contributed by atoms with E-state index in [2.05, 4.69) is 20.3 Å². The van der Waals surface area contributed by atoms with Gasteiger partial charge in [0.2, 0.25) is 0 Å². The van der Waals surface area contributed by atoms with E-state index in [9.17, 15) is 9.59 Å². The van der Waals surface area contributed by atoms with Crippen LogP contribution in [0.25, 0.3) is 0 Å². The third-order valence-electron chi connectivity index (χ3n) is 3.11. The van der Waals surface area contributed by atoms with Crippen molar-refractivity contribution in [2.45, 2.75) is 26.3 Å². The van der Waals surface area contributed by atoms with Crippen LogP contribution >= 0.6 is 0 Å². The summed E-state index contributed by atoms with van der Waals surface area (Å²) in [6, 6.07) is 2.56. The maximum absolute atomic E-state index is 12.3. The summed E-state index contributed by atoms with van der Waals surface area (Å²) >= 11 is 0. The molecule has 1 atom stereocenters. The lowest BCUT2D eigenvalue weighted by atomic mass is 10.1. The van der Waals surface area contributed by atoms with Crippen LogP contribution in [0.4, 0.5) is 0 Å². The summed E-state index contributed by atoms with van der Waals surface area (Å²) in [4.78, 5) is 35.2. The van der Waals surface area contributed by atoms with Gasteiger partial charge in [-0.2, -0.15) is 0 Å². The molecule has 2 aromatic rings. The van der Waals surface area contributed by atoms with E-state index in [0.29, 0.717) is 5.56 Å². The Morgan fingerprint density at radius 1 is 1.32 bits per heavy atom. The minimum Gasteiger partial charge on any atom is -0.467 e. The van der Waals surface area contributed by atoms with E-state index < -0.39 is 12.0 Å². The molecule has 2 aromatic heterocycles. The molecule has 0 bridgehead atoms. The van der Waals surface area contributed by atoms with E-state index in [1.54, 1.807) is 18.3 Å². The van der Waals surface area contributed by atoms with Gasteiger partial charge in [-0.1, -0.05) is 0 Å². The van der Waals surface area contributed by atoms with Crippen molar-refractivity contribution in [2.24, 2.45) is 0 Å². The molecule has 0 saturated heterocycles. The van der Waals surface area contributed by atoms with Crippen LogP contribution in [0.1, 0.15) is 27.4 Å². The molecule has 0 aromatic carbocycles. The van der Waals surface area contributed by atoms with Gasteiger partial charge >= 0.3 is 5.97 Å². The van der Waals surface area contributed by atoms with Gasteiger partial charge in [0.15, 0.2) is 0 Å².